The van der Waals surface area contributed by atoms with E-state index in [-0.39, 0.29) is 13.6 Å². The number of sulfonamides is 1. The van der Waals surface area contributed by atoms with Crippen molar-refractivity contribution in [3.05, 3.63) is 118 Å². The first-order valence-electron chi connectivity index (χ1n) is 11.9. The molecule has 0 saturated heterocycles. The summed E-state index contributed by atoms with van der Waals surface area (Å²) in [5.41, 5.74) is 5.99. The van der Waals surface area contributed by atoms with E-state index in [2.05, 4.69) is 77.1 Å². The van der Waals surface area contributed by atoms with Gasteiger partial charge in [-0.05, 0) is 63.7 Å². The normalized spacial score (nSPS) is 11.9. The Balaban J connectivity index is 1.39. The highest BCUT2D eigenvalue weighted by atomic mass is 35.5. The summed E-state index contributed by atoms with van der Waals surface area (Å²) in [6.45, 7) is 0. The highest BCUT2D eigenvalue weighted by Crippen LogP contribution is 2.37. The van der Waals surface area contributed by atoms with Gasteiger partial charge < -0.3 is 4.57 Å². The van der Waals surface area contributed by atoms with Gasteiger partial charge in [0.1, 0.15) is 8.55 Å². The first-order chi connectivity index (χ1) is 18.3. The number of nitrogens with zero attached hydrogens (tertiary/aromatic N) is 1. The molecule has 0 aliphatic heterocycles. The number of anilines is 1. The van der Waals surface area contributed by atoms with Crippen molar-refractivity contribution in [2.75, 3.05) is 4.72 Å². The van der Waals surface area contributed by atoms with Crippen LogP contribution in [0, 0.1) is 0 Å². The van der Waals surface area contributed by atoms with E-state index < -0.39 is 10.0 Å². The van der Waals surface area contributed by atoms with Gasteiger partial charge in [0.25, 0.3) is 10.0 Å². The maximum atomic E-state index is 13.0. The fourth-order valence-electron chi connectivity index (χ4n) is 4.90. The van der Waals surface area contributed by atoms with Crippen molar-refractivity contribution in [2.45, 2.75) is 10.6 Å². The van der Waals surface area contributed by atoms with Crippen LogP contribution in [0.5, 0.6) is 0 Å². The Kier molecular flexibility index (Phi) is 6.44. The Morgan fingerprint density at radius 2 is 1.66 bits per heavy atom. The third kappa shape index (κ3) is 4.69. The van der Waals surface area contributed by atoms with Crippen LogP contribution in [0.1, 0.15) is 11.1 Å². The van der Waals surface area contributed by atoms with E-state index in [1.54, 1.807) is 6.07 Å². The SMILES string of the molecule is Cn1cc(Cc2ccc3ccccc3c2)c2c(-c3cccc(NS(=O)(=O)c4cc(Cl)c(Cl)s4)c3)cccc21. The monoisotopic (exact) mass is 576 g/mol. The summed E-state index contributed by atoms with van der Waals surface area (Å²) in [6, 6.07) is 30.0. The number of thiophene rings is 1. The summed E-state index contributed by atoms with van der Waals surface area (Å²) >= 11 is 12.9. The molecule has 0 saturated carbocycles. The predicted molar refractivity (Wildman–Crippen MR) is 160 cm³/mol. The quantitative estimate of drug-likeness (QED) is 0.215. The molecule has 2 aromatic heterocycles. The fraction of sp³-hybridized carbons (Fsp3) is 0.0667. The molecule has 0 bridgehead atoms. The number of hydrogen-bond donors (Lipinski definition) is 1. The molecule has 190 valence electrons. The fourth-order valence-corrected chi connectivity index (χ4v) is 7.83. The van der Waals surface area contributed by atoms with Crippen LogP contribution in [0.4, 0.5) is 5.69 Å². The first kappa shape index (κ1) is 25.0. The van der Waals surface area contributed by atoms with Crippen LogP contribution in [-0.2, 0) is 23.5 Å². The molecular formula is C30H22Cl2N2O2S2. The van der Waals surface area contributed by atoms with Gasteiger partial charge in [0.05, 0.1) is 5.02 Å². The minimum Gasteiger partial charge on any atom is -0.350 e. The molecule has 4 aromatic carbocycles. The lowest BCUT2D eigenvalue weighted by Crippen LogP contribution is -2.11. The number of rotatable bonds is 6. The van der Waals surface area contributed by atoms with Crippen molar-refractivity contribution in [1.82, 2.24) is 4.57 Å². The number of hydrogen-bond acceptors (Lipinski definition) is 3. The Morgan fingerprint density at radius 1 is 0.868 bits per heavy atom. The predicted octanol–water partition coefficient (Wildman–Crippen LogP) is 8.76. The number of benzene rings is 4. The van der Waals surface area contributed by atoms with Gasteiger partial charge in [-0.2, -0.15) is 0 Å². The molecule has 6 rings (SSSR count). The minimum absolute atomic E-state index is 0.0701. The van der Waals surface area contributed by atoms with Crippen molar-refractivity contribution in [3.63, 3.8) is 0 Å². The molecule has 0 aliphatic rings. The van der Waals surface area contributed by atoms with E-state index in [4.69, 9.17) is 23.2 Å². The average molecular weight is 578 g/mol. The topological polar surface area (TPSA) is 51.1 Å². The summed E-state index contributed by atoms with van der Waals surface area (Å²) in [4.78, 5) is 0. The summed E-state index contributed by atoms with van der Waals surface area (Å²) in [6.07, 6.45) is 2.96. The van der Waals surface area contributed by atoms with Crippen molar-refractivity contribution >= 4 is 71.9 Å². The van der Waals surface area contributed by atoms with Crippen LogP contribution in [0.3, 0.4) is 0 Å². The van der Waals surface area contributed by atoms with Crippen LogP contribution in [-0.4, -0.2) is 13.0 Å². The van der Waals surface area contributed by atoms with Gasteiger partial charge >= 0.3 is 0 Å². The number of halogens is 2. The molecule has 0 radical (unpaired) electrons. The molecule has 0 spiro atoms. The molecule has 4 nitrogen and oxygen atoms in total. The third-order valence-corrected chi connectivity index (χ3v) is 10.3. The minimum atomic E-state index is -3.82. The van der Waals surface area contributed by atoms with Crippen LogP contribution in [0.2, 0.25) is 9.36 Å². The number of aryl methyl sites for hydroxylation is 1. The largest absolute Gasteiger partial charge is 0.350 e. The van der Waals surface area contributed by atoms with Gasteiger partial charge in [0, 0.05) is 29.8 Å². The van der Waals surface area contributed by atoms with Crippen LogP contribution < -0.4 is 4.72 Å². The van der Waals surface area contributed by atoms with Crippen molar-refractivity contribution in [1.29, 1.82) is 0 Å². The molecule has 0 amide bonds. The second-order valence-corrected chi connectivity index (χ2v) is 13.2. The van der Waals surface area contributed by atoms with Gasteiger partial charge in [-0.3, -0.25) is 4.72 Å². The van der Waals surface area contributed by atoms with Gasteiger partial charge in [0.2, 0.25) is 0 Å². The lowest BCUT2D eigenvalue weighted by molar-refractivity contribution is 0.603. The molecule has 0 fully saturated rings. The Morgan fingerprint density at radius 3 is 2.45 bits per heavy atom. The molecule has 0 atom stereocenters. The summed E-state index contributed by atoms with van der Waals surface area (Å²) in [7, 11) is -1.77. The van der Waals surface area contributed by atoms with Crippen LogP contribution in [0.25, 0.3) is 32.8 Å². The van der Waals surface area contributed by atoms with Gasteiger partial charge in [-0.25, -0.2) is 8.42 Å². The second-order valence-electron chi connectivity index (χ2n) is 9.20. The van der Waals surface area contributed by atoms with Crippen LogP contribution in [0.15, 0.2) is 101 Å². The number of aromatic nitrogens is 1. The zero-order valence-electron chi connectivity index (χ0n) is 20.3. The Hall–Kier alpha value is -3.29. The Bertz CT molecular complexity index is 1920. The van der Waals surface area contributed by atoms with E-state index >= 15 is 0 Å². The molecular weight excluding hydrogens is 555 g/mol. The lowest BCUT2D eigenvalue weighted by Gasteiger charge is -2.11. The van der Waals surface area contributed by atoms with Gasteiger partial charge in [0.15, 0.2) is 0 Å². The molecule has 6 aromatic rings. The first-order valence-corrected chi connectivity index (χ1v) is 15.0. The van der Waals surface area contributed by atoms with Crippen molar-refractivity contribution in [3.8, 4) is 11.1 Å². The van der Waals surface area contributed by atoms with Crippen molar-refractivity contribution in [2.24, 2.45) is 7.05 Å². The average Bonchev–Trinajstić information content (AvgIpc) is 3.42. The molecule has 8 heteroatoms. The zero-order chi connectivity index (χ0) is 26.4. The zero-order valence-corrected chi connectivity index (χ0v) is 23.4. The maximum Gasteiger partial charge on any atom is 0.271 e. The van der Waals surface area contributed by atoms with E-state index in [0.717, 1.165) is 39.8 Å². The molecule has 0 unspecified atom stereocenters. The highest BCUT2D eigenvalue weighted by Gasteiger charge is 2.20. The van der Waals surface area contributed by atoms with E-state index in [0.29, 0.717) is 5.69 Å². The number of fused-ring (bicyclic) bond motifs is 2. The maximum absolute atomic E-state index is 13.0. The second kappa shape index (κ2) is 9.79. The van der Waals surface area contributed by atoms with Gasteiger partial charge in [-0.15, -0.1) is 11.3 Å². The van der Waals surface area contributed by atoms with Crippen LogP contribution >= 0.6 is 34.5 Å². The van der Waals surface area contributed by atoms with E-state index in [1.165, 1.54) is 28.0 Å². The molecule has 1 N–H and O–H groups in total. The summed E-state index contributed by atoms with van der Waals surface area (Å²) in [5, 5.41) is 3.82. The van der Waals surface area contributed by atoms with E-state index in [1.807, 2.05) is 24.3 Å². The Labute approximate surface area is 235 Å². The van der Waals surface area contributed by atoms with E-state index in [9.17, 15) is 8.42 Å². The molecule has 0 aliphatic carbocycles. The lowest BCUT2D eigenvalue weighted by atomic mass is 9.95. The third-order valence-electron chi connectivity index (χ3n) is 6.61. The highest BCUT2D eigenvalue weighted by molar-refractivity contribution is 7.94. The van der Waals surface area contributed by atoms with Crippen molar-refractivity contribution < 1.29 is 8.42 Å². The summed E-state index contributed by atoms with van der Waals surface area (Å²) < 4.78 is 31.1. The molecule has 38 heavy (non-hydrogen) atoms. The standard InChI is InChI=1S/C30H22Cl2N2O2S2/c1-34-18-23(15-19-12-13-20-6-2-3-7-21(20)14-19)29-25(10-5-11-27(29)34)22-8-4-9-24(16-22)33-38(35,36)28-17-26(31)30(32)37-28/h2-14,16-18,33H,15H2,1H3. The number of nitrogens with one attached hydrogen (secondary N) is 1. The summed E-state index contributed by atoms with van der Waals surface area (Å²) in [5.74, 6) is 0. The smallest absolute Gasteiger partial charge is 0.271 e. The van der Waals surface area contributed by atoms with Gasteiger partial charge in [-0.1, -0.05) is 89.9 Å². The molecule has 2 heterocycles.